The zero-order chi connectivity index (χ0) is 30.6. The first kappa shape index (κ1) is 39.9. The molecule has 0 bridgehead atoms. The van der Waals surface area contributed by atoms with Crippen molar-refractivity contribution in [2.75, 3.05) is 19.8 Å². The molecule has 0 fully saturated rings. The van der Waals surface area contributed by atoms with Crippen LogP contribution in [0, 0.1) is 0 Å². The molecular formula is C31H61N2O7P. The van der Waals surface area contributed by atoms with E-state index in [-0.39, 0.29) is 19.6 Å². The van der Waals surface area contributed by atoms with Gasteiger partial charge in [-0.1, -0.05) is 109 Å². The van der Waals surface area contributed by atoms with Crippen molar-refractivity contribution < 1.29 is 33.5 Å². The fourth-order valence-electron chi connectivity index (χ4n) is 4.33. The van der Waals surface area contributed by atoms with Crippen LogP contribution in [0.25, 0.3) is 0 Å². The molecule has 41 heavy (non-hydrogen) atoms. The molecule has 4 unspecified atom stereocenters. The number of hydrogen-bond donors (Lipinski definition) is 5. The van der Waals surface area contributed by atoms with Crippen LogP contribution in [0.5, 0.6) is 0 Å². The monoisotopic (exact) mass is 604 g/mol. The number of allylic oxidation sites excluding steroid dienone is 3. The molecule has 0 aliphatic heterocycles. The van der Waals surface area contributed by atoms with E-state index in [0.717, 1.165) is 51.4 Å². The number of hydrogen-bond acceptors (Lipinski definition) is 7. The van der Waals surface area contributed by atoms with Crippen molar-refractivity contribution >= 4 is 13.7 Å². The van der Waals surface area contributed by atoms with Gasteiger partial charge in [0.2, 0.25) is 5.91 Å². The van der Waals surface area contributed by atoms with Crippen LogP contribution in [-0.4, -0.2) is 59.0 Å². The predicted molar refractivity (Wildman–Crippen MR) is 167 cm³/mol. The summed E-state index contributed by atoms with van der Waals surface area (Å²) >= 11 is 0. The Balaban J connectivity index is 4.61. The highest BCUT2D eigenvalue weighted by Gasteiger charge is 2.27. The molecule has 0 spiro atoms. The molecule has 0 aliphatic rings. The molecule has 0 aromatic rings. The largest absolute Gasteiger partial charge is 0.472 e. The standard InChI is InChI=1S/C31H61N2O7P/c1-3-5-7-9-11-13-15-17-19-21-23-30(35)29(27-40-41(37,38)39-25-24-32)33-31(36)26-28(34)22-20-18-16-14-12-10-8-6-4-2/h10,12,21,23,28-30,34-35H,3-9,11,13-20,22,24-27,32H2,1-2H3,(H,33,36)(H,37,38)/b12-10-,23-21+. The molecule has 0 aliphatic carbocycles. The first-order chi connectivity index (χ1) is 19.8. The number of amides is 1. The van der Waals surface area contributed by atoms with Crippen LogP contribution in [0.1, 0.15) is 129 Å². The van der Waals surface area contributed by atoms with Gasteiger partial charge >= 0.3 is 7.82 Å². The molecule has 0 radical (unpaired) electrons. The lowest BCUT2D eigenvalue weighted by molar-refractivity contribution is -0.124. The summed E-state index contributed by atoms with van der Waals surface area (Å²) in [6.45, 7) is 3.84. The van der Waals surface area contributed by atoms with E-state index in [1.54, 1.807) is 6.08 Å². The SMILES string of the molecule is CCCC/C=C\CCCCCC(O)CC(=O)NC(COP(=O)(O)OCCN)C(O)/C=C/CCCCCCCCCC. The van der Waals surface area contributed by atoms with Gasteiger partial charge in [-0.2, -0.15) is 0 Å². The lowest BCUT2D eigenvalue weighted by atomic mass is 10.0. The highest BCUT2D eigenvalue weighted by Crippen LogP contribution is 2.43. The highest BCUT2D eigenvalue weighted by atomic mass is 31.2. The van der Waals surface area contributed by atoms with E-state index in [4.69, 9.17) is 14.8 Å². The molecule has 0 aromatic heterocycles. The van der Waals surface area contributed by atoms with Crippen molar-refractivity contribution in [1.82, 2.24) is 5.32 Å². The maximum Gasteiger partial charge on any atom is 0.472 e. The van der Waals surface area contributed by atoms with Crippen LogP contribution in [0.2, 0.25) is 0 Å². The van der Waals surface area contributed by atoms with E-state index in [1.807, 2.05) is 6.08 Å². The van der Waals surface area contributed by atoms with E-state index in [2.05, 4.69) is 31.3 Å². The van der Waals surface area contributed by atoms with E-state index in [0.29, 0.717) is 6.42 Å². The van der Waals surface area contributed by atoms with Gasteiger partial charge in [-0.15, -0.1) is 0 Å². The molecule has 10 heteroatoms. The molecule has 9 nitrogen and oxygen atoms in total. The Hall–Kier alpha value is -1.06. The summed E-state index contributed by atoms with van der Waals surface area (Å²) in [5, 5.41) is 23.7. The van der Waals surface area contributed by atoms with Gasteiger partial charge < -0.3 is 26.2 Å². The van der Waals surface area contributed by atoms with Crippen LogP contribution >= 0.6 is 7.82 Å². The number of carbonyl (C=O) groups is 1. The summed E-state index contributed by atoms with van der Waals surface area (Å²) in [6, 6.07) is -0.981. The first-order valence-corrected chi connectivity index (χ1v) is 17.5. The summed E-state index contributed by atoms with van der Waals surface area (Å²) < 4.78 is 21.8. The van der Waals surface area contributed by atoms with E-state index in [1.165, 1.54) is 51.4 Å². The third kappa shape index (κ3) is 26.3. The van der Waals surface area contributed by atoms with Gasteiger partial charge in [0.15, 0.2) is 0 Å². The Labute approximate surface area is 250 Å². The summed E-state index contributed by atoms with van der Waals surface area (Å²) in [5.41, 5.74) is 5.31. The quantitative estimate of drug-likeness (QED) is 0.0371. The Bertz CT molecular complexity index is 721. The number of phosphoric ester groups is 1. The summed E-state index contributed by atoms with van der Waals surface area (Å²) in [4.78, 5) is 22.4. The van der Waals surface area contributed by atoms with Crippen LogP contribution in [0.3, 0.4) is 0 Å². The van der Waals surface area contributed by atoms with E-state index < -0.39 is 38.6 Å². The average molecular weight is 605 g/mol. The minimum atomic E-state index is -4.38. The number of phosphoric acid groups is 1. The maximum atomic E-state index is 12.6. The molecule has 242 valence electrons. The fraction of sp³-hybridized carbons (Fsp3) is 0.839. The number of nitrogens with two attached hydrogens (primary N) is 1. The summed E-state index contributed by atoms with van der Waals surface area (Å²) in [6.07, 6.45) is 24.2. The molecule has 1 amide bonds. The van der Waals surface area contributed by atoms with Gasteiger partial charge in [-0.05, 0) is 38.5 Å². The van der Waals surface area contributed by atoms with Gasteiger partial charge in [0.25, 0.3) is 0 Å². The zero-order valence-corrected chi connectivity index (χ0v) is 26.8. The fourth-order valence-corrected chi connectivity index (χ4v) is 5.09. The minimum Gasteiger partial charge on any atom is -0.393 e. The van der Waals surface area contributed by atoms with Crippen molar-refractivity contribution in [1.29, 1.82) is 0 Å². The lowest BCUT2D eigenvalue weighted by Crippen LogP contribution is -2.46. The van der Waals surface area contributed by atoms with Gasteiger partial charge in [-0.25, -0.2) is 4.57 Å². The second-order valence-electron chi connectivity index (χ2n) is 10.9. The normalized spacial score (nSPS) is 15.8. The Morgan fingerprint density at radius 2 is 1.39 bits per heavy atom. The first-order valence-electron chi connectivity index (χ1n) is 16.0. The minimum absolute atomic E-state index is 0.0473. The topological polar surface area (TPSA) is 151 Å². The molecular weight excluding hydrogens is 543 g/mol. The van der Waals surface area contributed by atoms with Crippen LogP contribution in [0.15, 0.2) is 24.3 Å². The predicted octanol–water partition coefficient (Wildman–Crippen LogP) is 6.46. The van der Waals surface area contributed by atoms with Crippen LogP contribution < -0.4 is 11.1 Å². The Kier molecular flexibility index (Phi) is 27.0. The van der Waals surface area contributed by atoms with E-state index in [9.17, 15) is 24.5 Å². The molecule has 0 rings (SSSR count). The third-order valence-electron chi connectivity index (χ3n) is 6.83. The maximum absolute atomic E-state index is 12.6. The number of carbonyl (C=O) groups excluding carboxylic acids is 1. The van der Waals surface area contributed by atoms with Crippen molar-refractivity contribution in [3.63, 3.8) is 0 Å². The molecule has 0 aromatic carbocycles. The van der Waals surface area contributed by atoms with Gasteiger partial charge in [0.1, 0.15) is 0 Å². The molecule has 0 heterocycles. The second-order valence-corrected chi connectivity index (χ2v) is 12.3. The second kappa shape index (κ2) is 27.8. The molecule has 6 N–H and O–H groups in total. The van der Waals surface area contributed by atoms with Crippen LogP contribution in [-0.2, 0) is 18.4 Å². The van der Waals surface area contributed by atoms with Gasteiger partial charge in [0.05, 0.1) is 37.9 Å². The zero-order valence-electron chi connectivity index (χ0n) is 25.9. The molecule has 0 saturated carbocycles. The smallest absolute Gasteiger partial charge is 0.393 e. The number of aliphatic hydroxyl groups is 2. The van der Waals surface area contributed by atoms with E-state index >= 15 is 0 Å². The highest BCUT2D eigenvalue weighted by molar-refractivity contribution is 7.47. The Morgan fingerprint density at radius 3 is 2.02 bits per heavy atom. The summed E-state index contributed by atoms with van der Waals surface area (Å²) in [7, 11) is -4.38. The summed E-state index contributed by atoms with van der Waals surface area (Å²) in [5.74, 6) is -0.462. The lowest BCUT2D eigenvalue weighted by Gasteiger charge is -2.24. The number of unbranched alkanes of at least 4 members (excludes halogenated alkanes) is 13. The van der Waals surface area contributed by atoms with Gasteiger partial charge in [0, 0.05) is 6.54 Å². The third-order valence-corrected chi connectivity index (χ3v) is 7.81. The van der Waals surface area contributed by atoms with Crippen molar-refractivity contribution in [3.05, 3.63) is 24.3 Å². The molecule has 0 saturated heterocycles. The van der Waals surface area contributed by atoms with Crippen molar-refractivity contribution in [2.24, 2.45) is 5.73 Å². The number of nitrogens with one attached hydrogen (secondary N) is 1. The Morgan fingerprint density at radius 1 is 0.829 bits per heavy atom. The molecule has 4 atom stereocenters. The average Bonchev–Trinajstić information content (AvgIpc) is 2.94. The van der Waals surface area contributed by atoms with Crippen molar-refractivity contribution in [3.8, 4) is 0 Å². The van der Waals surface area contributed by atoms with Crippen molar-refractivity contribution in [2.45, 2.75) is 148 Å². The van der Waals surface area contributed by atoms with Gasteiger partial charge in [-0.3, -0.25) is 13.8 Å². The number of aliphatic hydroxyl groups excluding tert-OH is 2. The van der Waals surface area contributed by atoms with Crippen LogP contribution in [0.4, 0.5) is 0 Å². The number of rotatable bonds is 29.